The normalized spacial score (nSPS) is 17.3. The summed E-state index contributed by atoms with van der Waals surface area (Å²) in [7, 11) is -4.39. The molecule has 0 unspecified atom stereocenters. The lowest BCUT2D eigenvalue weighted by Gasteiger charge is -2.21. The summed E-state index contributed by atoms with van der Waals surface area (Å²) in [4.78, 5) is -0.251. The third-order valence-corrected chi connectivity index (χ3v) is 3.59. The molecule has 1 aromatic rings. The molecule has 98 valence electrons. The summed E-state index contributed by atoms with van der Waals surface area (Å²) in [5.74, 6) is 0. The van der Waals surface area contributed by atoms with Crippen LogP contribution in [0, 0.1) is 0 Å². The van der Waals surface area contributed by atoms with Crippen LogP contribution in [0.1, 0.15) is 19.3 Å². The standard InChI is InChI=1S/C11H15N3O3S/c15-18(16,17)11-6-4-10(5-7-11)12-13-14-8-2-1-3-9-14/h4-7H,1-3,8-9H2,(H,15,16,17)/p-1. The molecular weight excluding hydrogens is 254 g/mol. The van der Waals surface area contributed by atoms with E-state index in [0.717, 1.165) is 25.9 Å². The van der Waals surface area contributed by atoms with Crippen LogP contribution in [0.3, 0.4) is 0 Å². The molecule has 0 saturated carbocycles. The van der Waals surface area contributed by atoms with Gasteiger partial charge in [-0.2, -0.15) is 0 Å². The molecule has 18 heavy (non-hydrogen) atoms. The van der Waals surface area contributed by atoms with E-state index >= 15 is 0 Å². The van der Waals surface area contributed by atoms with E-state index in [1.807, 2.05) is 5.01 Å². The summed E-state index contributed by atoms with van der Waals surface area (Å²) in [5, 5.41) is 9.97. The zero-order valence-electron chi connectivity index (χ0n) is 9.82. The summed E-state index contributed by atoms with van der Waals surface area (Å²) in [6.45, 7) is 1.80. The van der Waals surface area contributed by atoms with Crippen molar-refractivity contribution >= 4 is 15.8 Å². The molecule has 0 N–H and O–H groups in total. The lowest BCUT2D eigenvalue weighted by Crippen LogP contribution is -2.23. The third kappa shape index (κ3) is 3.51. The van der Waals surface area contributed by atoms with Gasteiger partial charge in [0.05, 0.1) is 10.6 Å². The third-order valence-electron chi connectivity index (χ3n) is 2.74. The highest BCUT2D eigenvalue weighted by Crippen LogP contribution is 2.18. The number of hydrogen-bond donors (Lipinski definition) is 0. The first-order valence-electron chi connectivity index (χ1n) is 5.78. The molecule has 2 rings (SSSR count). The van der Waals surface area contributed by atoms with Gasteiger partial charge in [0, 0.05) is 13.1 Å². The Kier molecular flexibility index (Phi) is 3.93. The van der Waals surface area contributed by atoms with Crippen LogP contribution in [0.4, 0.5) is 5.69 Å². The quantitative estimate of drug-likeness (QED) is 0.620. The number of piperidine rings is 1. The number of nitrogens with zero attached hydrogens (tertiary/aromatic N) is 3. The van der Waals surface area contributed by atoms with Crippen molar-refractivity contribution in [3.63, 3.8) is 0 Å². The van der Waals surface area contributed by atoms with Gasteiger partial charge in [0.2, 0.25) is 0 Å². The van der Waals surface area contributed by atoms with Gasteiger partial charge in [0.1, 0.15) is 10.1 Å². The average molecular weight is 268 g/mol. The molecule has 0 atom stereocenters. The minimum atomic E-state index is -4.39. The van der Waals surface area contributed by atoms with Crippen molar-refractivity contribution in [2.75, 3.05) is 13.1 Å². The van der Waals surface area contributed by atoms with Crippen LogP contribution < -0.4 is 0 Å². The molecule has 0 aliphatic carbocycles. The number of hydrogen-bond acceptors (Lipinski definition) is 5. The second-order valence-corrected chi connectivity index (χ2v) is 5.53. The van der Waals surface area contributed by atoms with Crippen LogP contribution in [0.15, 0.2) is 39.5 Å². The first-order valence-corrected chi connectivity index (χ1v) is 7.19. The van der Waals surface area contributed by atoms with Crippen molar-refractivity contribution in [3.8, 4) is 0 Å². The molecular formula is C11H14N3O3S-. The van der Waals surface area contributed by atoms with E-state index < -0.39 is 10.1 Å². The van der Waals surface area contributed by atoms with Gasteiger partial charge in [-0.25, -0.2) is 8.42 Å². The van der Waals surface area contributed by atoms with Crippen LogP contribution in [-0.4, -0.2) is 31.1 Å². The summed E-state index contributed by atoms with van der Waals surface area (Å²) < 4.78 is 32.2. The Labute approximate surface area is 106 Å². The van der Waals surface area contributed by atoms with Crippen LogP contribution in [0.2, 0.25) is 0 Å². The van der Waals surface area contributed by atoms with E-state index in [1.54, 1.807) is 0 Å². The highest BCUT2D eigenvalue weighted by Gasteiger charge is 2.07. The molecule has 0 spiro atoms. The van der Waals surface area contributed by atoms with E-state index in [0.29, 0.717) is 5.69 Å². The van der Waals surface area contributed by atoms with E-state index in [4.69, 9.17) is 0 Å². The molecule has 1 heterocycles. The van der Waals surface area contributed by atoms with E-state index in [-0.39, 0.29) is 4.90 Å². The van der Waals surface area contributed by atoms with Crippen LogP contribution in [0.5, 0.6) is 0 Å². The van der Waals surface area contributed by atoms with Crippen LogP contribution in [-0.2, 0) is 10.1 Å². The molecule has 1 saturated heterocycles. The second kappa shape index (κ2) is 5.45. The highest BCUT2D eigenvalue weighted by atomic mass is 32.2. The lowest BCUT2D eigenvalue weighted by molar-refractivity contribution is 0.224. The van der Waals surface area contributed by atoms with E-state index in [9.17, 15) is 13.0 Å². The predicted octanol–water partition coefficient (Wildman–Crippen LogP) is 2.08. The monoisotopic (exact) mass is 268 g/mol. The van der Waals surface area contributed by atoms with Crippen LogP contribution in [0.25, 0.3) is 0 Å². The fourth-order valence-electron chi connectivity index (χ4n) is 1.76. The minimum absolute atomic E-state index is 0.251. The van der Waals surface area contributed by atoms with Gasteiger partial charge in [-0.3, -0.25) is 5.01 Å². The topological polar surface area (TPSA) is 85.2 Å². The van der Waals surface area contributed by atoms with E-state index in [2.05, 4.69) is 10.3 Å². The summed E-state index contributed by atoms with van der Waals surface area (Å²) in [6.07, 6.45) is 3.46. The van der Waals surface area contributed by atoms with Gasteiger partial charge in [0.25, 0.3) is 0 Å². The SMILES string of the molecule is O=S(=O)([O-])c1ccc(N=NN2CCCCC2)cc1. The summed E-state index contributed by atoms with van der Waals surface area (Å²) >= 11 is 0. The number of rotatable bonds is 3. The Morgan fingerprint density at radius 2 is 1.67 bits per heavy atom. The van der Waals surface area contributed by atoms with Crippen molar-refractivity contribution < 1.29 is 13.0 Å². The Bertz CT molecular complexity index is 519. The molecule has 0 radical (unpaired) electrons. The smallest absolute Gasteiger partial charge is 0.124 e. The maximum Gasteiger partial charge on any atom is 0.124 e. The molecule has 6 nitrogen and oxygen atoms in total. The van der Waals surface area contributed by atoms with Gasteiger partial charge < -0.3 is 4.55 Å². The van der Waals surface area contributed by atoms with E-state index in [1.165, 1.54) is 30.7 Å². The largest absolute Gasteiger partial charge is 0.744 e. The highest BCUT2D eigenvalue weighted by molar-refractivity contribution is 7.85. The number of benzene rings is 1. The van der Waals surface area contributed by atoms with Crippen molar-refractivity contribution in [2.24, 2.45) is 10.3 Å². The van der Waals surface area contributed by atoms with Crippen molar-refractivity contribution in [1.82, 2.24) is 5.01 Å². The molecule has 1 aromatic carbocycles. The summed E-state index contributed by atoms with van der Waals surface area (Å²) in [6, 6.07) is 5.43. The fraction of sp³-hybridized carbons (Fsp3) is 0.455. The Hall–Kier alpha value is -1.47. The molecule has 0 amide bonds. The van der Waals surface area contributed by atoms with Gasteiger partial charge >= 0.3 is 0 Å². The molecule has 0 bridgehead atoms. The fourth-order valence-corrected chi connectivity index (χ4v) is 2.23. The molecule has 0 aromatic heterocycles. The van der Waals surface area contributed by atoms with Gasteiger partial charge in [-0.15, -0.1) is 5.11 Å². The summed E-state index contributed by atoms with van der Waals surface area (Å²) in [5.41, 5.74) is 0.535. The minimum Gasteiger partial charge on any atom is -0.744 e. The lowest BCUT2D eigenvalue weighted by atomic mass is 10.2. The maximum atomic E-state index is 10.7. The van der Waals surface area contributed by atoms with Gasteiger partial charge in [-0.1, -0.05) is 5.22 Å². The average Bonchev–Trinajstić information content (AvgIpc) is 2.37. The Morgan fingerprint density at radius 1 is 1.06 bits per heavy atom. The zero-order valence-corrected chi connectivity index (χ0v) is 10.6. The van der Waals surface area contributed by atoms with Gasteiger partial charge in [-0.05, 0) is 43.5 Å². The van der Waals surface area contributed by atoms with Crippen molar-refractivity contribution in [1.29, 1.82) is 0 Å². The Balaban J connectivity index is 2.03. The molecule has 1 aliphatic rings. The molecule has 1 aliphatic heterocycles. The van der Waals surface area contributed by atoms with Crippen molar-refractivity contribution in [2.45, 2.75) is 24.2 Å². The molecule has 7 heteroatoms. The first-order chi connectivity index (χ1) is 8.55. The predicted molar refractivity (Wildman–Crippen MR) is 64.3 cm³/mol. The van der Waals surface area contributed by atoms with Crippen molar-refractivity contribution in [3.05, 3.63) is 24.3 Å². The Morgan fingerprint density at radius 3 is 2.22 bits per heavy atom. The zero-order chi connectivity index (χ0) is 13.0. The maximum absolute atomic E-state index is 10.7. The molecule has 1 fully saturated rings. The second-order valence-electron chi connectivity index (χ2n) is 4.15. The first kappa shape index (κ1) is 13.0. The van der Waals surface area contributed by atoms with Gasteiger partial charge in [0.15, 0.2) is 0 Å². The van der Waals surface area contributed by atoms with Crippen LogP contribution >= 0.6 is 0 Å².